The standard InChI is InChI=1S/C55H86O23/c1-11-23(2)46(70)78-43-44(71-24(3)59)55(22-58)26(18-50(43,4)5)25-12-13-30-52(8)16-15-32(51(6,7)29(52)14-17-53(30,9)54(25,10)19-31(55)60)74-49-41(76-48-38(66)36(64)34(62)28(21-57)73-48)39(67)40(42(77-49)45(68)69)75-47-37(65)35(63)33(61)27(20-56)72-47/h11-12,26-44,47-49,56-58,60-67H,13-22H2,1-10H3,(H,68,69). The van der Waals surface area contributed by atoms with Crippen LogP contribution in [0.2, 0.25) is 0 Å². The second-order valence-electron chi connectivity index (χ2n) is 25.7. The monoisotopic (exact) mass is 1110 g/mol. The molecule has 3 heterocycles. The largest absolute Gasteiger partial charge is 0.479 e. The second-order valence-corrected chi connectivity index (χ2v) is 25.7. The minimum Gasteiger partial charge on any atom is -0.479 e. The summed E-state index contributed by atoms with van der Waals surface area (Å²) in [5.74, 6) is -3.41. The normalized spacial score (nSPS) is 49.9. The van der Waals surface area contributed by atoms with Crippen molar-refractivity contribution in [1.29, 1.82) is 0 Å². The number of carboxylic acids is 1. The van der Waals surface area contributed by atoms with Gasteiger partial charge in [-0.2, -0.15) is 0 Å². The Morgan fingerprint density at radius 3 is 1.77 bits per heavy atom. The highest BCUT2D eigenvalue weighted by Crippen LogP contribution is 2.76. The quantitative estimate of drug-likeness (QED) is 0.0488. The number of ether oxygens (including phenoxy) is 8. The maximum atomic E-state index is 13.4. The molecule has 8 aliphatic rings. The molecule has 78 heavy (non-hydrogen) atoms. The lowest BCUT2D eigenvalue weighted by Crippen LogP contribution is -2.72. The fourth-order valence-electron chi connectivity index (χ4n) is 16.2. The third-order valence-electron chi connectivity index (χ3n) is 20.9. The van der Waals surface area contributed by atoms with Crippen molar-refractivity contribution < 1.29 is 114 Å². The van der Waals surface area contributed by atoms with E-state index in [0.717, 1.165) is 5.57 Å². The maximum Gasteiger partial charge on any atom is 0.335 e. The molecule has 3 saturated heterocycles. The lowest BCUT2D eigenvalue weighted by atomic mass is 9.33. The van der Waals surface area contributed by atoms with Crippen molar-refractivity contribution in [2.45, 2.75) is 231 Å². The Morgan fingerprint density at radius 1 is 0.667 bits per heavy atom. The highest BCUT2D eigenvalue weighted by atomic mass is 16.8. The van der Waals surface area contributed by atoms with Crippen molar-refractivity contribution in [1.82, 2.24) is 0 Å². The minimum atomic E-state index is -2.11. The van der Waals surface area contributed by atoms with Crippen LogP contribution in [0.1, 0.15) is 114 Å². The molecule has 7 fully saturated rings. The molecule has 26 unspecified atom stereocenters. The Balaban J connectivity index is 1.10. The third-order valence-corrected chi connectivity index (χ3v) is 20.9. The molecule has 0 aromatic heterocycles. The summed E-state index contributed by atoms with van der Waals surface area (Å²) in [6.45, 7) is 17.1. The number of rotatable bonds is 13. The van der Waals surface area contributed by atoms with Gasteiger partial charge in [0.2, 0.25) is 0 Å². The minimum absolute atomic E-state index is 0.0247. The van der Waals surface area contributed by atoms with Crippen LogP contribution >= 0.6 is 0 Å². The van der Waals surface area contributed by atoms with Crippen LogP contribution in [0.25, 0.3) is 0 Å². The lowest BCUT2D eigenvalue weighted by molar-refractivity contribution is -0.391. The van der Waals surface area contributed by atoms with E-state index in [9.17, 15) is 75.7 Å². The van der Waals surface area contributed by atoms with Crippen molar-refractivity contribution in [2.24, 2.45) is 50.2 Å². The zero-order valence-corrected chi connectivity index (χ0v) is 46.3. The number of carboxylic acid groups (broad SMARTS) is 1. The second kappa shape index (κ2) is 22.1. The first-order valence-electron chi connectivity index (χ1n) is 27.5. The summed E-state index contributed by atoms with van der Waals surface area (Å²) in [5.41, 5.74) is -2.95. The van der Waals surface area contributed by atoms with E-state index in [1.165, 1.54) is 6.92 Å². The molecule has 4 saturated carbocycles. The summed E-state index contributed by atoms with van der Waals surface area (Å²) in [6.07, 6.45) is -24.8. The van der Waals surface area contributed by atoms with Crippen LogP contribution in [0.4, 0.5) is 0 Å². The third kappa shape index (κ3) is 9.72. The molecule has 0 amide bonds. The Morgan fingerprint density at radius 2 is 1.24 bits per heavy atom. The van der Waals surface area contributed by atoms with E-state index in [-0.39, 0.29) is 23.7 Å². The lowest BCUT2D eigenvalue weighted by Gasteiger charge is -2.72. The highest BCUT2D eigenvalue weighted by Gasteiger charge is 2.74. The first-order valence-corrected chi connectivity index (χ1v) is 27.5. The van der Waals surface area contributed by atoms with Crippen molar-refractivity contribution in [3.05, 3.63) is 23.3 Å². The predicted octanol–water partition coefficient (Wildman–Crippen LogP) is -0.293. The van der Waals surface area contributed by atoms with E-state index in [0.29, 0.717) is 44.1 Å². The number of hydrogen-bond donors (Lipinski definition) is 12. The van der Waals surface area contributed by atoms with Crippen LogP contribution in [-0.4, -0.2) is 216 Å². The van der Waals surface area contributed by atoms with Gasteiger partial charge in [0.25, 0.3) is 0 Å². The van der Waals surface area contributed by atoms with Crippen LogP contribution in [0.5, 0.6) is 0 Å². The molecule has 5 aliphatic carbocycles. The molecule has 0 bridgehead atoms. The van der Waals surface area contributed by atoms with Crippen molar-refractivity contribution >= 4 is 17.9 Å². The zero-order valence-electron chi connectivity index (χ0n) is 46.3. The summed E-state index contributed by atoms with van der Waals surface area (Å²) < 4.78 is 48.4. The van der Waals surface area contributed by atoms with Gasteiger partial charge >= 0.3 is 17.9 Å². The fourth-order valence-corrected chi connectivity index (χ4v) is 16.2. The number of aliphatic hydroxyl groups excluding tert-OH is 11. The van der Waals surface area contributed by atoms with Crippen LogP contribution in [0.3, 0.4) is 0 Å². The maximum absolute atomic E-state index is 13.4. The number of hydrogen-bond acceptors (Lipinski definition) is 22. The number of carbonyl (C=O) groups excluding carboxylic acids is 2. The first kappa shape index (κ1) is 61.3. The van der Waals surface area contributed by atoms with Crippen LogP contribution < -0.4 is 0 Å². The molecule has 26 atom stereocenters. The zero-order chi connectivity index (χ0) is 57.7. The molecule has 0 aromatic carbocycles. The molecule has 8 rings (SSSR count). The summed E-state index contributed by atoms with van der Waals surface area (Å²) in [4.78, 5) is 39.5. The Bertz CT molecular complexity index is 2270. The number of fused-ring (bicyclic) bond motifs is 7. The van der Waals surface area contributed by atoms with E-state index in [1.807, 2.05) is 27.7 Å². The van der Waals surface area contributed by atoms with Crippen molar-refractivity contribution in [3.63, 3.8) is 0 Å². The van der Waals surface area contributed by atoms with Crippen LogP contribution in [0.15, 0.2) is 23.3 Å². The summed E-state index contributed by atoms with van der Waals surface area (Å²) in [6, 6.07) is 0. The Labute approximate surface area is 454 Å². The topological polar surface area (TPSA) is 368 Å². The molecular formula is C55H86O23. The number of aliphatic carboxylic acids is 1. The molecule has 444 valence electrons. The highest BCUT2D eigenvalue weighted by molar-refractivity contribution is 5.87. The molecule has 3 aliphatic heterocycles. The van der Waals surface area contributed by atoms with Gasteiger partial charge in [-0.15, -0.1) is 0 Å². The number of allylic oxidation sites excluding steroid dienone is 3. The summed E-state index contributed by atoms with van der Waals surface area (Å²) >= 11 is 0. The van der Waals surface area contributed by atoms with E-state index in [2.05, 4.69) is 26.8 Å². The average Bonchev–Trinajstić information content (AvgIpc) is 3.52. The van der Waals surface area contributed by atoms with Gasteiger partial charge in [-0.1, -0.05) is 66.2 Å². The molecular weight excluding hydrogens is 1030 g/mol. The van der Waals surface area contributed by atoms with E-state index in [4.69, 9.17) is 37.9 Å². The molecule has 23 nitrogen and oxygen atoms in total. The fraction of sp³-hybridized carbons (Fsp3) is 0.873. The van der Waals surface area contributed by atoms with Gasteiger partial charge in [0, 0.05) is 17.9 Å². The first-order chi connectivity index (χ1) is 36.4. The number of esters is 2. The van der Waals surface area contributed by atoms with Crippen LogP contribution in [-0.2, 0) is 52.3 Å². The molecule has 0 radical (unpaired) electrons. The number of aliphatic hydroxyl groups is 11. The van der Waals surface area contributed by atoms with Crippen molar-refractivity contribution in [2.75, 3.05) is 19.8 Å². The van der Waals surface area contributed by atoms with E-state index in [1.54, 1.807) is 19.9 Å². The number of carbonyl (C=O) groups is 3. The predicted molar refractivity (Wildman–Crippen MR) is 268 cm³/mol. The molecule has 0 spiro atoms. The van der Waals surface area contributed by atoms with Gasteiger partial charge in [0.05, 0.1) is 37.4 Å². The summed E-state index contributed by atoms with van der Waals surface area (Å²) in [5, 5.41) is 131. The van der Waals surface area contributed by atoms with Crippen LogP contribution in [0, 0.1) is 50.2 Å². The van der Waals surface area contributed by atoms with Gasteiger partial charge < -0.3 is 99.2 Å². The smallest absolute Gasteiger partial charge is 0.335 e. The van der Waals surface area contributed by atoms with E-state index < -0.39 is 187 Å². The average molecular weight is 1120 g/mol. The molecule has 12 N–H and O–H groups in total. The Hall–Kier alpha value is -2.79. The van der Waals surface area contributed by atoms with E-state index >= 15 is 0 Å². The Kier molecular flexibility index (Phi) is 17.3. The van der Waals surface area contributed by atoms with Gasteiger partial charge in [0.1, 0.15) is 79.4 Å². The van der Waals surface area contributed by atoms with Gasteiger partial charge in [-0.25, -0.2) is 9.59 Å². The SMILES string of the molecule is CC=C(C)C(=O)OC1C(OC(C)=O)C2(CO)C(O)CC3(C)C(=CCC4C5(C)CCC(OC6OC(C(=O)O)C(OC7OC(CO)C(O)C(O)C7O)C(O)C6OC6OC(CO)C(O)C(O)C6O)C(C)(C)C5CCC43C)C2CC1(C)C. The van der Waals surface area contributed by atoms with Gasteiger partial charge in [0.15, 0.2) is 25.0 Å². The van der Waals surface area contributed by atoms with Gasteiger partial charge in [-0.05, 0) is 98.2 Å². The van der Waals surface area contributed by atoms with Crippen molar-refractivity contribution in [3.8, 4) is 0 Å². The summed E-state index contributed by atoms with van der Waals surface area (Å²) in [7, 11) is 0. The molecule has 0 aromatic rings. The van der Waals surface area contributed by atoms with Gasteiger partial charge in [-0.3, -0.25) is 4.79 Å². The molecule has 23 heteroatoms.